The average molecular weight is 172 g/mol. The highest BCUT2D eigenvalue weighted by Gasteiger charge is 2.36. The molecule has 1 heterocycles. The number of pyridine rings is 1. The zero-order valence-corrected chi connectivity index (χ0v) is 7.70. The predicted octanol–water partition coefficient (Wildman–Crippen LogP) is 2.47. The Hall–Kier alpha value is -1.36. The highest BCUT2D eigenvalue weighted by atomic mass is 14.6. The first-order valence-electron chi connectivity index (χ1n) is 4.70. The molecule has 1 aliphatic rings. The number of hydrogen-bond acceptors (Lipinski definition) is 2. The molecule has 2 atom stereocenters. The van der Waals surface area contributed by atoms with E-state index in [-0.39, 0.29) is 0 Å². The number of hydrogen-bond donors (Lipinski definition) is 0. The second-order valence-corrected chi connectivity index (χ2v) is 3.63. The maximum absolute atomic E-state index is 8.70. The first-order chi connectivity index (χ1) is 6.35. The molecule has 2 rings (SSSR count). The van der Waals surface area contributed by atoms with Crippen LogP contribution in [0.4, 0.5) is 0 Å². The molecule has 0 aliphatic heterocycles. The molecule has 0 aromatic carbocycles. The van der Waals surface area contributed by atoms with Gasteiger partial charge in [-0.1, -0.05) is 13.3 Å². The molecule has 0 N–H and O–H groups in total. The molecule has 1 aliphatic carbocycles. The molecule has 0 radical (unpaired) electrons. The average Bonchev–Trinajstić information content (AvgIpc) is 2.97. The van der Waals surface area contributed by atoms with E-state index < -0.39 is 0 Å². The molecule has 2 nitrogen and oxygen atoms in total. The zero-order chi connectivity index (χ0) is 9.26. The van der Waals surface area contributed by atoms with E-state index in [0.717, 1.165) is 5.92 Å². The Balaban J connectivity index is 2.19. The summed E-state index contributed by atoms with van der Waals surface area (Å²) in [5.41, 5.74) is 1.92. The van der Waals surface area contributed by atoms with E-state index in [0.29, 0.717) is 11.5 Å². The zero-order valence-electron chi connectivity index (χ0n) is 7.70. The molecule has 0 amide bonds. The van der Waals surface area contributed by atoms with Crippen molar-refractivity contribution in [3.8, 4) is 6.07 Å². The summed E-state index contributed by atoms with van der Waals surface area (Å²) >= 11 is 0. The summed E-state index contributed by atoms with van der Waals surface area (Å²) in [6.45, 7) is 2.21. The van der Waals surface area contributed by atoms with E-state index in [1.165, 1.54) is 18.4 Å². The smallest absolute Gasteiger partial charge is 0.101 e. The third kappa shape index (κ3) is 1.55. The van der Waals surface area contributed by atoms with Crippen molar-refractivity contribution < 1.29 is 0 Å². The lowest BCUT2D eigenvalue weighted by molar-refractivity contribution is 0.764. The van der Waals surface area contributed by atoms with Crippen molar-refractivity contribution in [2.24, 2.45) is 5.92 Å². The standard InChI is InChI=1S/C11H12N2/c1-2-9-4-11(9)10-3-8(5-12)6-13-7-10/h3,6-7,9,11H,2,4H2,1H3/t9-,11-/m0/s1. The molecular formula is C11H12N2. The summed E-state index contributed by atoms with van der Waals surface area (Å²) in [6, 6.07) is 4.09. The van der Waals surface area contributed by atoms with Crippen molar-refractivity contribution >= 4 is 0 Å². The molecule has 0 spiro atoms. The second kappa shape index (κ2) is 3.18. The molecule has 2 heteroatoms. The van der Waals surface area contributed by atoms with Crippen LogP contribution < -0.4 is 0 Å². The third-order valence-corrected chi connectivity index (χ3v) is 2.76. The van der Waals surface area contributed by atoms with Crippen LogP contribution >= 0.6 is 0 Å². The first-order valence-corrected chi connectivity index (χ1v) is 4.70. The monoisotopic (exact) mass is 172 g/mol. The van der Waals surface area contributed by atoms with E-state index in [2.05, 4.69) is 18.0 Å². The van der Waals surface area contributed by atoms with Gasteiger partial charge in [-0.25, -0.2) is 0 Å². The summed E-state index contributed by atoms with van der Waals surface area (Å²) in [5.74, 6) is 1.50. The highest BCUT2D eigenvalue weighted by molar-refractivity contribution is 5.33. The van der Waals surface area contributed by atoms with Crippen molar-refractivity contribution in [2.75, 3.05) is 0 Å². The number of aromatic nitrogens is 1. The van der Waals surface area contributed by atoms with Crippen LogP contribution in [-0.4, -0.2) is 4.98 Å². The van der Waals surface area contributed by atoms with Gasteiger partial charge in [0.15, 0.2) is 0 Å². The molecule has 1 aromatic rings. The topological polar surface area (TPSA) is 36.7 Å². The summed E-state index contributed by atoms with van der Waals surface area (Å²) in [6.07, 6.45) is 6.02. The summed E-state index contributed by atoms with van der Waals surface area (Å²) in [5, 5.41) is 8.70. The Kier molecular flexibility index (Phi) is 2.02. The van der Waals surface area contributed by atoms with Crippen LogP contribution in [0.5, 0.6) is 0 Å². The molecule has 13 heavy (non-hydrogen) atoms. The Morgan fingerprint density at radius 1 is 1.62 bits per heavy atom. The number of rotatable bonds is 2. The van der Waals surface area contributed by atoms with Gasteiger partial charge in [-0.3, -0.25) is 4.98 Å². The largest absolute Gasteiger partial charge is 0.263 e. The second-order valence-electron chi connectivity index (χ2n) is 3.63. The van der Waals surface area contributed by atoms with Gasteiger partial charge in [-0.05, 0) is 29.9 Å². The maximum Gasteiger partial charge on any atom is 0.101 e. The van der Waals surface area contributed by atoms with Crippen LogP contribution in [0.1, 0.15) is 36.8 Å². The van der Waals surface area contributed by atoms with Crippen LogP contribution in [0.2, 0.25) is 0 Å². The van der Waals surface area contributed by atoms with Crippen molar-refractivity contribution in [1.29, 1.82) is 5.26 Å². The van der Waals surface area contributed by atoms with Crippen molar-refractivity contribution in [3.05, 3.63) is 29.6 Å². The molecule has 1 fully saturated rings. The molecule has 66 valence electrons. The molecule has 1 saturated carbocycles. The van der Waals surface area contributed by atoms with Crippen LogP contribution in [0.3, 0.4) is 0 Å². The van der Waals surface area contributed by atoms with Crippen molar-refractivity contribution in [2.45, 2.75) is 25.7 Å². The lowest BCUT2D eigenvalue weighted by Crippen LogP contribution is -1.86. The van der Waals surface area contributed by atoms with E-state index in [9.17, 15) is 0 Å². The van der Waals surface area contributed by atoms with Gasteiger partial charge in [0.2, 0.25) is 0 Å². The minimum atomic E-state index is 0.672. The van der Waals surface area contributed by atoms with Gasteiger partial charge in [0.05, 0.1) is 5.56 Å². The van der Waals surface area contributed by atoms with Crippen molar-refractivity contribution in [1.82, 2.24) is 4.98 Å². The summed E-state index contributed by atoms with van der Waals surface area (Å²) in [4.78, 5) is 4.06. The van der Waals surface area contributed by atoms with Gasteiger partial charge in [-0.2, -0.15) is 5.26 Å². The molecule has 0 bridgehead atoms. The summed E-state index contributed by atoms with van der Waals surface area (Å²) < 4.78 is 0. The van der Waals surface area contributed by atoms with Crippen LogP contribution in [0.15, 0.2) is 18.5 Å². The first kappa shape index (κ1) is 8.25. The van der Waals surface area contributed by atoms with Gasteiger partial charge in [0.25, 0.3) is 0 Å². The Morgan fingerprint density at radius 3 is 3.08 bits per heavy atom. The molecule has 0 unspecified atom stereocenters. The lowest BCUT2D eigenvalue weighted by atomic mass is 10.1. The van der Waals surface area contributed by atoms with Gasteiger partial charge in [0.1, 0.15) is 6.07 Å². The predicted molar refractivity (Wildman–Crippen MR) is 50.1 cm³/mol. The normalized spacial score (nSPS) is 25.2. The highest BCUT2D eigenvalue weighted by Crippen LogP contribution is 2.49. The van der Waals surface area contributed by atoms with Crippen LogP contribution in [0.25, 0.3) is 0 Å². The Morgan fingerprint density at radius 2 is 2.46 bits per heavy atom. The van der Waals surface area contributed by atoms with E-state index >= 15 is 0 Å². The summed E-state index contributed by atoms with van der Waals surface area (Å²) in [7, 11) is 0. The molecule has 0 saturated heterocycles. The van der Waals surface area contributed by atoms with Gasteiger partial charge in [0, 0.05) is 12.4 Å². The quantitative estimate of drug-likeness (QED) is 0.687. The fourth-order valence-electron chi connectivity index (χ4n) is 1.83. The SMILES string of the molecule is CC[C@H]1C[C@@H]1c1cncc(C#N)c1. The number of nitrogens with zero attached hydrogens (tertiary/aromatic N) is 2. The van der Waals surface area contributed by atoms with Crippen molar-refractivity contribution in [3.63, 3.8) is 0 Å². The fraction of sp³-hybridized carbons (Fsp3) is 0.455. The fourth-order valence-corrected chi connectivity index (χ4v) is 1.83. The Labute approximate surface area is 78.2 Å². The number of nitriles is 1. The van der Waals surface area contributed by atoms with Gasteiger partial charge >= 0.3 is 0 Å². The van der Waals surface area contributed by atoms with Gasteiger partial charge in [-0.15, -0.1) is 0 Å². The third-order valence-electron chi connectivity index (χ3n) is 2.76. The molecule has 1 aromatic heterocycles. The van der Waals surface area contributed by atoms with Gasteiger partial charge < -0.3 is 0 Å². The van der Waals surface area contributed by atoms with E-state index in [1.807, 2.05) is 12.3 Å². The van der Waals surface area contributed by atoms with Crippen LogP contribution in [0, 0.1) is 17.2 Å². The van der Waals surface area contributed by atoms with E-state index in [4.69, 9.17) is 5.26 Å². The maximum atomic E-state index is 8.70. The Bertz CT molecular complexity index is 351. The lowest BCUT2D eigenvalue weighted by Gasteiger charge is -1.97. The van der Waals surface area contributed by atoms with Crippen LogP contribution in [-0.2, 0) is 0 Å². The molecular weight excluding hydrogens is 160 g/mol. The minimum Gasteiger partial charge on any atom is -0.263 e. The van der Waals surface area contributed by atoms with E-state index in [1.54, 1.807) is 6.20 Å². The minimum absolute atomic E-state index is 0.672.